The summed E-state index contributed by atoms with van der Waals surface area (Å²) in [6, 6.07) is 0. The molecule has 0 aromatic heterocycles. The van der Waals surface area contributed by atoms with E-state index in [9.17, 15) is 0 Å². The third kappa shape index (κ3) is 32.4. The fourth-order valence-corrected chi connectivity index (χ4v) is 0. The third-order valence-corrected chi connectivity index (χ3v) is 0. The van der Waals surface area contributed by atoms with Crippen molar-refractivity contribution in [1.82, 2.24) is 0 Å². The van der Waals surface area contributed by atoms with Crippen LogP contribution in [0.5, 0.6) is 0 Å². The summed E-state index contributed by atoms with van der Waals surface area (Å²) >= 11 is 0. The van der Waals surface area contributed by atoms with E-state index in [1.54, 1.807) is 0 Å². The summed E-state index contributed by atoms with van der Waals surface area (Å²) < 4.78 is 0. The average molecular weight is 441 g/mol. The Morgan fingerprint density at radius 3 is 0.692 bits per heavy atom. The Morgan fingerprint density at radius 2 is 0.692 bits per heavy atom. The van der Waals surface area contributed by atoms with Gasteiger partial charge in [0.25, 0.3) is 15.3 Å². The van der Waals surface area contributed by atoms with Crippen LogP contribution in [0.2, 0.25) is 0 Å². The average Bonchev–Trinajstić information content (AvgIpc) is 1.54. The van der Waals surface area contributed by atoms with E-state index in [1.807, 2.05) is 0 Å². The van der Waals surface area contributed by atoms with Gasteiger partial charge in [-0.2, -0.15) is 0 Å². The second-order valence-electron chi connectivity index (χ2n) is 0.714. The first kappa shape index (κ1) is 22.6. The SMILES string of the molecule is O=[N+]([O-])O.O=[N+]([O-])O.O=[N+]([O-])O.[Es]. The van der Waals surface area contributed by atoms with Crippen molar-refractivity contribution in [3.63, 3.8) is 0 Å². The van der Waals surface area contributed by atoms with E-state index in [2.05, 4.69) is 0 Å². The Kier molecular flexibility index (Phi) is 27.6. The molecule has 0 unspecified atom stereocenters. The van der Waals surface area contributed by atoms with Gasteiger partial charge in [0.05, 0.1) is 0 Å². The molecule has 0 saturated carbocycles. The van der Waals surface area contributed by atoms with Crippen LogP contribution in [-0.4, -0.2) is 30.9 Å². The Hall–Kier alpha value is -3.40. The summed E-state index contributed by atoms with van der Waals surface area (Å²) in [6.45, 7) is 0. The van der Waals surface area contributed by atoms with E-state index >= 15 is 0 Å². The molecule has 0 amide bonds. The second-order valence-corrected chi connectivity index (χ2v) is 0.714. The molecule has 83 valence electrons. The van der Waals surface area contributed by atoms with Crippen LogP contribution in [0.25, 0.3) is 0 Å². The van der Waals surface area contributed by atoms with Gasteiger partial charge in [-0.15, -0.1) is 30.3 Å². The predicted molar refractivity (Wildman–Crippen MR) is 26.3 cm³/mol. The minimum atomic E-state index is -1.50. The summed E-state index contributed by atoms with van der Waals surface area (Å²) in [7, 11) is 0. The first-order valence-electron chi connectivity index (χ1n) is 1.70. The maximum atomic E-state index is 8.36. The van der Waals surface area contributed by atoms with Crippen LogP contribution in [0.1, 0.15) is 0 Å². The number of rotatable bonds is 0. The molecule has 0 spiro atoms. The van der Waals surface area contributed by atoms with E-state index in [0.29, 0.717) is 0 Å². The third-order valence-electron chi connectivity index (χ3n) is 0. The molecule has 0 aliphatic heterocycles. The topological polar surface area (TPSA) is 190 Å². The molecule has 3 N–H and O–H groups in total. The fourth-order valence-electron chi connectivity index (χ4n) is 0. The van der Waals surface area contributed by atoms with Gasteiger partial charge < -0.3 is 15.6 Å². The molecule has 0 rings (SSSR count). The van der Waals surface area contributed by atoms with Gasteiger partial charge in [-0.25, -0.2) is 0 Å². The Labute approximate surface area is 62.6 Å². The van der Waals surface area contributed by atoms with Gasteiger partial charge in [-0.05, 0) is 0 Å². The maximum absolute atomic E-state index is 8.36. The number of hydrogen-bond donors (Lipinski definition) is 3. The number of hydrogen-bond acceptors (Lipinski definition) is 6. The molecule has 0 aromatic rings. The van der Waals surface area contributed by atoms with Crippen LogP contribution in [0, 0.1) is 30.3 Å². The van der Waals surface area contributed by atoms with Crippen LogP contribution >= 0.6 is 0 Å². The summed E-state index contributed by atoms with van der Waals surface area (Å²) in [5.41, 5.74) is 0. The van der Waals surface area contributed by atoms with Gasteiger partial charge in [-0.1, -0.05) is 0 Å². The molecule has 0 aliphatic carbocycles. The Balaban J connectivity index is -0.0000000450. The molecule has 0 aromatic carbocycles. The molecule has 13 heteroatoms. The molecular weight excluding hydrogens is 438 g/mol. The van der Waals surface area contributed by atoms with E-state index in [-0.39, 0.29) is 0 Å². The molecule has 0 heterocycles. The normalized spacial score (nSPS) is 5.54. The first-order valence-corrected chi connectivity index (χ1v) is 1.70. The molecule has 1 radical (unpaired) electrons. The van der Waals surface area contributed by atoms with Crippen molar-refractivity contribution in [3.05, 3.63) is 30.3 Å². The maximum Gasteiger partial charge on any atom is 0.291 e. The van der Waals surface area contributed by atoms with Crippen molar-refractivity contribution < 1.29 is 30.9 Å². The quantitative estimate of drug-likeness (QED) is 0.311. The van der Waals surface area contributed by atoms with Gasteiger partial charge in [0, 0.05) is 0 Å². The van der Waals surface area contributed by atoms with Crippen LogP contribution in [0.3, 0.4) is 0 Å². The zero-order valence-electron chi connectivity index (χ0n) is 5.43. The van der Waals surface area contributed by atoms with E-state index in [4.69, 9.17) is 46.0 Å². The standard InChI is InChI=1S/Es.3HNO3/c;3*2-1(3)4/h;3*(H,2,3,4). The summed E-state index contributed by atoms with van der Waals surface area (Å²) in [5.74, 6) is 0. The van der Waals surface area contributed by atoms with Crippen molar-refractivity contribution in [3.8, 4) is 0 Å². The zero-order chi connectivity index (χ0) is 10.7. The van der Waals surface area contributed by atoms with Crippen LogP contribution in [0.15, 0.2) is 0 Å². The van der Waals surface area contributed by atoms with Gasteiger partial charge in [0.15, 0.2) is 0 Å². The molecule has 13 heavy (non-hydrogen) atoms. The minimum absolute atomic E-state index is 0. The van der Waals surface area contributed by atoms with Gasteiger partial charge in [0.1, 0.15) is 0 Å². The molecule has 12 nitrogen and oxygen atoms in total. The Bertz CT molecular complexity index is 112. The molecule has 0 fully saturated rings. The van der Waals surface area contributed by atoms with Gasteiger partial charge >= 0.3 is 0 Å². The molecule has 0 saturated heterocycles. The molecule has 0 bridgehead atoms. The Morgan fingerprint density at radius 1 is 0.692 bits per heavy atom. The molecule has 0 atom stereocenters. The fraction of sp³-hybridized carbons (Fsp3) is 0. The van der Waals surface area contributed by atoms with E-state index < -0.39 is 15.3 Å². The van der Waals surface area contributed by atoms with Crippen molar-refractivity contribution in [2.24, 2.45) is 0 Å². The van der Waals surface area contributed by atoms with Crippen LogP contribution in [-0.2, 0) is 0 Å². The second kappa shape index (κ2) is 15.8. The largest absolute Gasteiger partial charge is 0.328 e. The minimum Gasteiger partial charge on any atom is -0.328 e. The zero-order valence-corrected chi connectivity index (χ0v) is 7.95. The van der Waals surface area contributed by atoms with Crippen molar-refractivity contribution in [2.75, 3.05) is 0 Å². The van der Waals surface area contributed by atoms with Crippen molar-refractivity contribution in [2.45, 2.75) is 0 Å². The summed E-state index contributed by atoms with van der Waals surface area (Å²) in [5, 5.41) is 40.9. The van der Waals surface area contributed by atoms with Crippen molar-refractivity contribution >= 4 is 0 Å². The summed E-state index contributed by atoms with van der Waals surface area (Å²) in [6.07, 6.45) is 0. The van der Waals surface area contributed by atoms with E-state index in [0.717, 1.165) is 0 Å². The monoisotopic (exact) mass is 441 g/mol. The van der Waals surface area contributed by atoms with Gasteiger partial charge in [-0.3, -0.25) is 0 Å². The smallest absolute Gasteiger partial charge is 0.291 e. The van der Waals surface area contributed by atoms with Crippen LogP contribution in [0.4, 0.5) is 0 Å². The van der Waals surface area contributed by atoms with E-state index in [1.165, 1.54) is 0 Å². The van der Waals surface area contributed by atoms with Gasteiger partial charge in [0.2, 0.25) is 0 Å². The summed E-state index contributed by atoms with van der Waals surface area (Å²) in [4.78, 5) is 25.1. The predicted octanol–water partition coefficient (Wildman–Crippen LogP) is -1.04. The van der Waals surface area contributed by atoms with Crippen molar-refractivity contribution in [1.29, 1.82) is 0 Å². The number of nitrogens with zero attached hydrogens (tertiary/aromatic N) is 3. The molecule has 0 aliphatic rings. The van der Waals surface area contributed by atoms with Crippen LogP contribution < -0.4 is 0 Å². The molecular formula is H3EsN3O9. The first-order chi connectivity index (χ1) is 5.20.